The van der Waals surface area contributed by atoms with Gasteiger partial charge in [-0.1, -0.05) is 6.07 Å². The molecule has 0 aromatic heterocycles. The van der Waals surface area contributed by atoms with Gasteiger partial charge in [0.2, 0.25) is 0 Å². The van der Waals surface area contributed by atoms with E-state index in [1.54, 1.807) is 36.4 Å². The van der Waals surface area contributed by atoms with E-state index in [-0.39, 0.29) is 11.7 Å². The zero-order valence-corrected chi connectivity index (χ0v) is 23.0. The van der Waals surface area contributed by atoms with Crippen molar-refractivity contribution in [2.75, 3.05) is 59.0 Å². The average molecular weight is 559 g/mol. The van der Waals surface area contributed by atoms with Crippen molar-refractivity contribution in [3.05, 3.63) is 82.4 Å². The minimum Gasteiger partial charge on any atom is -0.508 e. The van der Waals surface area contributed by atoms with Crippen LogP contribution in [0.25, 0.3) is 0 Å². The van der Waals surface area contributed by atoms with Crippen LogP contribution in [0.15, 0.2) is 54.6 Å². The van der Waals surface area contributed by atoms with E-state index in [4.69, 9.17) is 14.2 Å². The highest BCUT2D eigenvalue weighted by atomic mass is 16.6. The van der Waals surface area contributed by atoms with Crippen LogP contribution in [0.4, 0.5) is 0 Å². The third-order valence-corrected chi connectivity index (χ3v) is 7.68. The van der Waals surface area contributed by atoms with Gasteiger partial charge >= 0.3 is 5.97 Å². The van der Waals surface area contributed by atoms with Crippen molar-refractivity contribution in [2.45, 2.75) is 12.5 Å². The maximum atomic E-state index is 13.7. The first-order valence-electron chi connectivity index (χ1n) is 14.1. The number of ether oxygens (including phenoxy) is 3. The van der Waals surface area contributed by atoms with Gasteiger partial charge in [0.05, 0.1) is 12.2 Å². The molecule has 1 unspecified atom stereocenters. The van der Waals surface area contributed by atoms with Crippen molar-refractivity contribution in [1.82, 2.24) is 20.9 Å². The van der Waals surface area contributed by atoms with E-state index >= 15 is 0 Å². The van der Waals surface area contributed by atoms with Crippen LogP contribution < -0.4 is 25.4 Å². The zero-order valence-electron chi connectivity index (χ0n) is 23.0. The Morgan fingerprint density at radius 3 is 2.22 bits per heavy atom. The monoisotopic (exact) mass is 558 g/mol. The zero-order chi connectivity index (χ0) is 28.4. The Morgan fingerprint density at radius 2 is 1.51 bits per heavy atom. The lowest BCUT2D eigenvalue weighted by molar-refractivity contribution is 0.0224. The van der Waals surface area contributed by atoms with Crippen LogP contribution >= 0.6 is 0 Å². The number of hydrogen-bond donors (Lipinski definition) is 4. The standard InChI is InChI=1S/C31H34N4O6/c1-2-39-22-5-8-26-28(19-22)40-27-18-21(36)4-7-25(27)31(26)24-6-3-20(17-23(24)30(38)41-31)29(37)35-15-13-33-11-9-32-10-12-34-14-16-35/h3-8,17-19,32-34,36H,2,9-16H2,1H3. The van der Waals surface area contributed by atoms with Crippen LogP contribution in [0, 0.1) is 0 Å². The first kappa shape index (κ1) is 27.1. The van der Waals surface area contributed by atoms with E-state index in [9.17, 15) is 14.7 Å². The lowest BCUT2D eigenvalue weighted by atomic mass is 9.77. The number of benzene rings is 3. The summed E-state index contributed by atoms with van der Waals surface area (Å²) in [6.07, 6.45) is 0. The number of phenols is 1. The summed E-state index contributed by atoms with van der Waals surface area (Å²) in [6.45, 7) is 8.22. The summed E-state index contributed by atoms with van der Waals surface area (Å²) in [7, 11) is 0. The molecule has 0 saturated carbocycles. The Hall–Kier alpha value is -4.12. The quantitative estimate of drug-likeness (QED) is 0.360. The first-order chi connectivity index (χ1) is 20.0. The number of hydrogen-bond acceptors (Lipinski definition) is 9. The third kappa shape index (κ3) is 4.99. The molecule has 214 valence electrons. The van der Waals surface area contributed by atoms with Gasteiger partial charge in [0.15, 0.2) is 5.60 Å². The molecule has 0 radical (unpaired) electrons. The van der Waals surface area contributed by atoms with E-state index in [0.29, 0.717) is 77.9 Å². The van der Waals surface area contributed by atoms with Crippen LogP contribution in [0.3, 0.4) is 0 Å². The summed E-state index contributed by atoms with van der Waals surface area (Å²) < 4.78 is 18.1. The highest BCUT2D eigenvalue weighted by molar-refractivity contribution is 6.01. The van der Waals surface area contributed by atoms with Gasteiger partial charge in [0, 0.05) is 86.7 Å². The second kappa shape index (κ2) is 11.4. The second-order valence-electron chi connectivity index (χ2n) is 10.2. The number of esters is 1. The molecule has 0 bridgehead atoms. The van der Waals surface area contributed by atoms with E-state index in [0.717, 1.165) is 26.2 Å². The van der Waals surface area contributed by atoms with Crippen molar-refractivity contribution < 1.29 is 28.9 Å². The number of nitrogens with one attached hydrogen (secondary N) is 3. The van der Waals surface area contributed by atoms with E-state index < -0.39 is 11.6 Å². The number of phenolic OH excluding ortho intramolecular Hbond substituents is 1. The molecule has 3 aromatic rings. The van der Waals surface area contributed by atoms with Gasteiger partial charge in [-0.15, -0.1) is 0 Å². The van der Waals surface area contributed by atoms with E-state index in [1.807, 2.05) is 24.0 Å². The summed E-state index contributed by atoms with van der Waals surface area (Å²) in [5.74, 6) is 0.812. The predicted molar refractivity (Wildman–Crippen MR) is 152 cm³/mol. The fourth-order valence-corrected chi connectivity index (χ4v) is 5.74. The van der Waals surface area contributed by atoms with Gasteiger partial charge < -0.3 is 40.2 Å². The van der Waals surface area contributed by atoms with E-state index in [1.165, 1.54) is 6.07 Å². The SMILES string of the molecule is CCOc1ccc2c(c1)Oc1cc(O)ccc1C21OC(=O)c2cc(C(=O)N3CCNCCNCCNCC3)ccc21. The molecule has 6 rings (SSSR count). The largest absolute Gasteiger partial charge is 0.508 e. The first-order valence-corrected chi connectivity index (χ1v) is 14.1. The van der Waals surface area contributed by atoms with Crippen molar-refractivity contribution in [3.63, 3.8) is 0 Å². The van der Waals surface area contributed by atoms with Gasteiger partial charge in [0.25, 0.3) is 5.91 Å². The molecule has 4 N–H and O–H groups in total. The Labute approximate surface area is 238 Å². The average Bonchev–Trinajstić information content (AvgIpc) is 3.25. The van der Waals surface area contributed by atoms with Crippen LogP contribution in [-0.4, -0.2) is 80.8 Å². The number of carbonyl (C=O) groups excluding carboxylic acids is 2. The molecule has 1 spiro atoms. The second-order valence-corrected chi connectivity index (χ2v) is 10.2. The molecule has 41 heavy (non-hydrogen) atoms. The molecule has 10 nitrogen and oxygen atoms in total. The van der Waals surface area contributed by atoms with Crippen LogP contribution in [-0.2, 0) is 10.3 Å². The number of amides is 1. The molecule has 1 atom stereocenters. The molecular weight excluding hydrogens is 524 g/mol. The molecular formula is C31H34N4O6. The normalized spacial score (nSPS) is 20.5. The number of fused-ring (bicyclic) bond motifs is 6. The topological polar surface area (TPSA) is 121 Å². The van der Waals surface area contributed by atoms with Crippen LogP contribution in [0.1, 0.15) is 44.3 Å². The summed E-state index contributed by atoms with van der Waals surface area (Å²) in [5.41, 5.74) is 1.30. The van der Waals surface area contributed by atoms with Gasteiger partial charge in [-0.25, -0.2) is 4.79 Å². The summed E-state index contributed by atoms with van der Waals surface area (Å²) in [5, 5.41) is 20.3. The summed E-state index contributed by atoms with van der Waals surface area (Å²) in [6, 6.07) is 15.4. The Morgan fingerprint density at radius 1 is 0.878 bits per heavy atom. The molecule has 3 heterocycles. The summed E-state index contributed by atoms with van der Waals surface area (Å²) in [4.78, 5) is 29.0. The fraction of sp³-hybridized carbons (Fsp3) is 0.355. The number of nitrogens with zero attached hydrogens (tertiary/aromatic N) is 1. The molecule has 3 aliphatic rings. The molecule has 3 aliphatic heterocycles. The molecule has 1 amide bonds. The Kier molecular flexibility index (Phi) is 7.53. The van der Waals surface area contributed by atoms with Gasteiger partial charge in [-0.3, -0.25) is 4.79 Å². The molecule has 3 aromatic carbocycles. The molecule has 0 aliphatic carbocycles. The van der Waals surface area contributed by atoms with Gasteiger partial charge in [-0.05, 0) is 43.3 Å². The lowest BCUT2D eigenvalue weighted by Crippen LogP contribution is -2.44. The highest BCUT2D eigenvalue weighted by Gasteiger charge is 2.53. The van der Waals surface area contributed by atoms with Gasteiger partial charge in [0.1, 0.15) is 23.0 Å². The number of rotatable bonds is 3. The minimum absolute atomic E-state index is 0.0279. The fourth-order valence-electron chi connectivity index (χ4n) is 5.74. The van der Waals surface area contributed by atoms with Crippen molar-refractivity contribution in [2.24, 2.45) is 0 Å². The van der Waals surface area contributed by atoms with Gasteiger partial charge in [-0.2, -0.15) is 0 Å². The number of carbonyl (C=O) groups is 2. The molecule has 1 saturated heterocycles. The Bertz CT molecular complexity index is 1460. The number of aromatic hydroxyl groups is 1. The maximum Gasteiger partial charge on any atom is 0.340 e. The molecule has 1 fully saturated rings. The van der Waals surface area contributed by atoms with Crippen LogP contribution in [0.2, 0.25) is 0 Å². The minimum atomic E-state index is -1.30. The van der Waals surface area contributed by atoms with Crippen LogP contribution in [0.5, 0.6) is 23.0 Å². The Balaban J connectivity index is 1.38. The third-order valence-electron chi connectivity index (χ3n) is 7.68. The smallest absolute Gasteiger partial charge is 0.340 e. The van der Waals surface area contributed by atoms with Crippen molar-refractivity contribution in [3.8, 4) is 23.0 Å². The highest BCUT2D eigenvalue weighted by Crippen LogP contribution is 2.57. The lowest BCUT2D eigenvalue weighted by Gasteiger charge is -2.36. The predicted octanol–water partition coefficient (Wildman–Crippen LogP) is 2.58. The molecule has 10 heteroatoms. The maximum absolute atomic E-state index is 13.7. The van der Waals surface area contributed by atoms with Crippen molar-refractivity contribution in [1.29, 1.82) is 0 Å². The summed E-state index contributed by atoms with van der Waals surface area (Å²) >= 11 is 0. The van der Waals surface area contributed by atoms with E-state index in [2.05, 4.69) is 16.0 Å². The van der Waals surface area contributed by atoms with Crippen molar-refractivity contribution >= 4 is 11.9 Å².